The van der Waals surface area contributed by atoms with E-state index in [9.17, 15) is 0 Å². The third-order valence-corrected chi connectivity index (χ3v) is 4.89. The number of guanidine groups is 1. The van der Waals surface area contributed by atoms with Crippen LogP contribution in [0.25, 0.3) is 0 Å². The van der Waals surface area contributed by atoms with Crippen LogP contribution in [0.5, 0.6) is 0 Å². The molecule has 7 heteroatoms. The summed E-state index contributed by atoms with van der Waals surface area (Å²) in [5, 5.41) is 3.44. The van der Waals surface area contributed by atoms with E-state index in [1.165, 1.54) is 16.7 Å². The lowest BCUT2D eigenvalue weighted by atomic mass is 10.0. The smallest absolute Gasteiger partial charge is 0.225 e. The van der Waals surface area contributed by atoms with Gasteiger partial charge < -0.3 is 15.1 Å². The molecule has 0 bridgehead atoms. The second kappa shape index (κ2) is 11.2. The van der Waals surface area contributed by atoms with E-state index in [-0.39, 0.29) is 24.0 Å². The number of piperazine rings is 1. The Morgan fingerprint density at radius 3 is 2.46 bits per heavy atom. The Hall–Kier alpha value is -1.90. The van der Waals surface area contributed by atoms with Gasteiger partial charge in [0, 0.05) is 51.7 Å². The fourth-order valence-corrected chi connectivity index (χ4v) is 3.41. The minimum absolute atomic E-state index is 0. The first kappa shape index (κ1) is 22.4. The molecule has 0 saturated carbocycles. The fourth-order valence-electron chi connectivity index (χ4n) is 3.41. The number of hydrogen-bond acceptors (Lipinski definition) is 4. The van der Waals surface area contributed by atoms with E-state index in [4.69, 9.17) is 4.99 Å². The van der Waals surface area contributed by atoms with E-state index in [1.54, 1.807) is 12.4 Å². The number of halogens is 1. The van der Waals surface area contributed by atoms with E-state index in [0.717, 1.165) is 57.6 Å². The molecule has 0 atom stereocenters. The van der Waals surface area contributed by atoms with Crippen LogP contribution in [0.1, 0.15) is 23.6 Å². The maximum atomic E-state index is 4.88. The molecular formula is C21H31IN6. The van der Waals surface area contributed by atoms with Gasteiger partial charge in [-0.2, -0.15) is 0 Å². The molecule has 0 amide bonds. The van der Waals surface area contributed by atoms with Gasteiger partial charge in [-0.3, -0.25) is 4.99 Å². The van der Waals surface area contributed by atoms with Gasteiger partial charge in [0.25, 0.3) is 0 Å². The molecule has 1 aliphatic rings. The fraction of sp³-hybridized carbons (Fsp3) is 0.476. The molecule has 6 nitrogen and oxygen atoms in total. The second-order valence-corrected chi connectivity index (χ2v) is 6.94. The quantitative estimate of drug-likeness (QED) is 0.394. The minimum atomic E-state index is 0. The molecule has 0 aliphatic carbocycles. The summed E-state index contributed by atoms with van der Waals surface area (Å²) in [5.41, 5.74) is 4.05. The Balaban J connectivity index is 0.00000280. The predicted octanol–water partition coefficient (Wildman–Crippen LogP) is 3.04. The Bertz CT molecular complexity index is 757. The zero-order chi connectivity index (χ0) is 19.1. The number of aromatic nitrogens is 2. The Morgan fingerprint density at radius 1 is 1.11 bits per heavy atom. The predicted molar refractivity (Wildman–Crippen MR) is 127 cm³/mol. The molecule has 28 heavy (non-hydrogen) atoms. The molecule has 1 aliphatic heterocycles. The van der Waals surface area contributed by atoms with E-state index < -0.39 is 0 Å². The zero-order valence-electron chi connectivity index (χ0n) is 17.1. The molecule has 1 aromatic heterocycles. The van der Waals surface area contributed by atoms with Gasteiger partial charge >= 0.3 is 0 Å². The summed E-state index contributed by atoms with van der Waals surface area (Å²) in [5.74, 6) is 1.82. The van der Waals surface area contributed by atoms with E-state index in [0.29, 0.717) is 0 Å². The van der Waals surface area contributed by atoms with Crippen molar-refractivity contribution in [3.8, 4) is 0 Å². The number of benzene rings is 1. The molecule has 152 valence electrons. The van der Waals surface area contributed by atoms with Gasteiger partial charge in [0.2, 0.25) is 5.95 Å². The van der Waals surface area contributed by atoms with Gasteiger partial charge in [0.05, 0.1) is 0 Å². The molecule has 0 radical (unpaired) electrons. The number of nitrogens with zero attached hydrogens (tertiary/aromatic N) is 5. The lowest BCUT2D eigenvalue weighted by molar-refractivity contribution is 0.370. The number of hydrogen-bond donors (Lipinski definition) is 1. The summed E-state index contributed by atoms with van der Waals surface area (Å²) in [6.07, 6.45) is 4.57. The van der Waals surface area contributed by atoms with Crippen LogP contribution in [0.15, 0.2) is 41.7 Å². The molecule has 0 unspecified atom stereocenters. The van der Waals surface area contributed by atoms with Crippen LogP contribution in [-0.4, -0.2) is 60.1 Å². The summed E-state index contributed by atoms with van der Waals surface area (Å²) < 4.78 is 0. The molecule has 2 aromatic rings. The van der Waals surface area contributed by atoms with Crippen LogP contribution in [0, 0.1) is 13.8 Å². The lowest BCUT2D eigenvalue weighted by Gasteiger charge is -2.36. The highest BCUT2D eigenvalue weighted by Gasteiger charge is 2.20. The highest BCUT2D eigenvalue weighted by Crippen LogP contribution is 2.12. The van der Waals surface area contributed by atoms with Crippen molar-refractivity contribution >= 4 is 35.9 Å². The molecule has 1 aromatic carbocycles. The first-order chi connectivity index (χ1) is 13.2. The van der Waals surface area contributed by atoms with E-state index in [2.05, 4.69) is 64.1 Å². The molecule has 1 N–H and O–H groups in total. The number of aryl methyl sites for hydroxylation is 2. The normalized spacial score (nSPS) is 14.6. The van der Waals surface area contributed by atoms with Gasteiger partial charge in [0.15, 0.2) is 5.96 Å². The lowest BCUT2D eigenvalue weighted by Crippen LogP contribution is -2.53. The van der Waals surface area contributed by atoms with E-state index in [1.807, 2.05) is 6.07 Å². The van der Waals surface area contributed by atoms with Gasteiger partial charge in [-0.15, -0.1) is 24.0 Å². The zero-order valence-corrected chi connectivity index (χ0v) is 19.4. The summed E-state index contributed by atoms with van der Waals surface area (Å²) in [6, 6.07) is 8.51. The Kier molecular flexibility index (Phi) is 8.95. The summed E-state index contributed by atoms with van der Waals surface area (Å²) >= 11 is 0. The van der Waals surface area contributed by atoms with Crippen LogP contribution in [-0.2, 0) is 6.42 Å². The van der Waals surface area contributed by atoms with Gasteiger partial charge in [-0.25, -0.2) is 9.97 Å². The van der Waals surface area contributed by atoms with Crippen molar-refractivity contribution in [3.05, 3.63) is 53.3 Å². The maximum absolute atomic E-state index is 4.88. The molecule has 2 heterocycles. The van der Waals surface area contributed by atoms with Crippen molar-refractivity contribution in [2.45, 2.75) is 27.2 Å². The standard InChI is InChI=1S/C21H30N6.HI/c1-4-22-20(25-11-8-19-7-6-17(2)16-18(19)3)26-12-14-27(15-13-26)21-23-9-5-10-24-21;/h5-7,9-10,16H,4,8,11-15H2,1-3H3,(H,22,25);1H. The van der Waals surface area contributed by atoms with Crippen molar-refractivity contribution in [2.24, 2.45) is 4.99 Å². The highest BCUT2D eigenvalue weighted by molar-refractivity contribution is 14.0. The van der Waals surface area contributed by atoms with Crippen molar-refractivity contribution < 1.29 is 0 Å². The van der Waals surface area contributed by atoms with Gasteiger partial charge in [0.1, 0.15) is 0 Å². The SMILES string of the molecule is CCNC(=NCCc1ccc(C)cc1C)N1CCN(c2ncccn2)CC1.I. The van der Waals surface area contributed by atoms with Crippen molar-refractivity contribution in [3.63, 3.8) is 0 Å². The summed E-state index contributed by atoms with van der Waals surface area (Å²) in [4.78, 5) is 18.2. The van der Waals surface area contributed by atoms with E-state index >= 15 is 0 Å². The van der Waals surface area contributed by atoms with Crippen molar-refractivity contribution in [1.82, 2.24) is 20.2 Å². The van der Waals surface area contributed by atoms with Crippen LogP contribution >= 0.6 is 24.0 Å². The largest absolute Gasteiger partial charge is 0.357 e. The van der Waals surface area contributed by atoms with Crippen LogP contribution in [0.2, 0.25) is 0 Å². The third kappa shape index (κ3) is 6.05. The molecule has 1 fully saturated rings. The van der Waals surface area contributed by atoms with Crippen LogP contribution < -0.4 is 10.2 Å². The van der Waals surface area contributed by atoms with Crippen molar-refractivity contribution in [2.75, 3.05) is 44.2 Å². The average Bonchev–Trinajstić information content (AvgIpc) is 2.70. The molecular weight excluding hydrogens is 463 g/mol. The maximum Gasteiger partial charge on any atom is 0.225 e. The second-order valence-electron chi connectivity index (χ2n) is 6.94. The highest BCUT2D eigenvalue weighted by atomic mass is 127. The van der Waals surface area contributed by atoms with Crippen LogP contribution in [0.4, 0.5) is 5.95 Å². The molecule has 1 saturated heterocycles. The van der Waals surface area contributed by atoms with Crippen LogP contribution in [0.3, 0.4) is 0 Å². The molecule has 0 spiro atoms. The monoisotopic (exact) mass is 494 g/mol. The van der Waals surface area contributed by atoms with Gasteiger partial charge in [-0.1, -0.05) is 23.8 Å². The first-order valence-corrected chi connectivity index (χ1v) is 9.78. The number of nitrogens with one attached hydrogen (secondary N) is 1. The Morgan fingerprint density at radius 2 is 1.82 bits per heavy atom. The summed E-state index contributed by atoms with van der Waals surface area (Å²) in [6.45, 7) is 11.8. The number of anilines is 1. The number of aliphatic imine (C=N–C) groups is 1. The van der Waals surface area contributed by atoms with Gasteiger partial charge in [-0.05, 0) is 44.4 Å². The average molecular weight is 494 g/mol. The Labute approximate surface area is 185 Å². The third-order valence-electron chi connectivity index (χ3n) is 4.89. The molecule has 3 rings (SSSR count). The van der Waals surface area contributed by atoms with Crippen molar-refractivity contribution in [1.29, 1.82) is 0 Å². The number of rotatable bonds is 5. The first-order valence-electron chi connectivity index (χ1n) is 9.78. The minimum Gasteiger partial charge on any atom is -0.357 e. The topological polar surface area (TPSA) is 56.7 Å². The summed E-state index contributed by atoms with van der Waals surface area (Å²) in [7, 11) is 0.